The quantitative estimate of drug-likeness (QED) is 0.273. The van der Waals surface area contributed by atoms with Crippen molar-refractivity contribution in [3.63, 3.8) is 0 Å². The van der Waals surface area contributed by atoms with Crippen LogP contribution in [-0.4, -0.2) is 18.7 Å². The number of Topliss-reactive ketones (excluding diaryl/α,β-unsaturated/α-hetero) is 1. The summed E-state index contributed by atoms with van der Waals surface area (Å²) in [4.78, 5) is 19.1. The predicted octanol–water partition coefficient (Wildman–Crippen LogP) is 8.75. The molecule has 0 spiro atoms. The molecule has 0 fully saturated rings. The van der Waals surface area contributed by atoms with Gasteiger partial charge in [-0.15, -0.1) is 0 Å². The van der Waals surface area contributed by atoms with E-state index in [0.29, 0.717) is 0 Å². The first kappa shape index (κ1) is 33.6. The molecule has 0 aromatic heterocycles. The van der Waals surface area contributed by atoms with Gasteiger partial charge in [0.1, 0.15) is 5.78 Å². The van der Waals surface area contributed by atoms with Gasteiger partial charge in [0.05, 0.1) is 11.4 Å². The molecule has 0 aliphatic carbocycles. The molecule has 0 atom stereocenters. The Kier molecular flexibility index (Phi) is 19.3. The molecule has 0 radical (unpaired) electrons. The Labute approximate surface area is 228 Å². The lowest BCUT2D eigenvalue weighted by Crippen LogP contribution is -2.11. The number of hydrogen-bond acceptors (Lipinski definition) is 4. The summed E-state index contributed by atoms with van der Waals surface area (Å²) in [5.41, 5.74) is 5.63. The highest BCUT2D eigenvalue weighted by Gasteiger charge is 1.89. The van der Waals surface area contributed by atoms with Crippen LogP contribution in [0.4, 0.5) is 11.4 Å². The van der Waals surface area contributed by atoms with Gasteiger partial charge in [-0.05, 0) is 58.9 Å². The first-order chi connectivity index (χ1) is 18.1. The van der Waals surface area contributed by atoms with E-state index in [2.05, 4.69) is 60.6 Å². The SMILES string of the molecule is CC(C)=O.CNC(C)=O.Cc1ccc(N=Nc2ccccc2)cc1.Cc1ccccc1.Cc1ccccc1. The molecule has 0 saturated heterocycles. The minimum atomic E-state index is 0.00463. The summed E-state index contributed by atoms with van der Waals surface area (Å²) in [6, 6.07) is 38.2. The summed E-state index contributed by atoms with van der Waals surface area (Å²) in [6.45, 7) is 10.7. The number of nitrogens with zero attached hydrogens (tertiary/aromatic N) is 2. The van der Waals surface area contributed by atoms with Crippen molar-refractivity contribution in [1.29, 1.82) is 0 Å². The van der Waals surface area contributed by atoms with E-state index in [4.69, 9.17) is 0 Å². The second-order valence-electron chi connectivity index (χ2n) is 8.39. The minimum Gasteiger partial charge on any atom is -0.359 e. The molecule has 0 saturated carbocycles. The first-order valence-corrected chi connectivity index (χ1v) is 12.4. The number of hydrogen-bond donors (Lipinski definition) is 1. The van der Waals surface area contributed by atoms with Crippen molar-refractivity contribution >= 4 is 23.1 Å². The number of ketones is 1. The van der Waals surface area contributed by atoms with Gasteiger partial charge in [0.25, 0.3) is 0 Å². The van der Waals surface area contributed by atoms with Gasteiger partial charge in [0.2, 0.25) is 5.91 Å². The Morgan fingerprint density at radius 3 is 1.03 bits per heavy atom. The number of amides is 1. The Morgan fingerprint density at radius 1 is 0.500 bits per heavy atom. The fourth-order valence-electron chi connectivity index (χ4n) is 2.29. The second-order valence-corrected chi connectivity index (χ2v) is 8.39. The average molecular weight is 512 g/mol. The fourth-order valence-corrected chi connectivity index (χ4v) is 2.29. The average Bonchev–Trinajstić information content (AvgIpc) is 2.91. The topological polar surface area (TPSA) is 70.9 Å². The van der Waals surface area contributed by atoms with Crippen molar-refractivity contribution in [2.45, 2.75) is 41.5 Å². The molecule has 0 aliphatic rings. The van der Waals surface area contributed by atoms with E-state index in [1.54, 1.807) is 7.05 Å². The molecule has 4 aromatic carbocycles. The summed E-state index contributed by atoms with van der Waals surface area (Å²) < 4.78 is 0. The Bertz CT molecular complexity index is 1120. The molecule has 38 heavy (non-hydrogen) atoms. The minimum absolute atomic E-state index is 0.00463. The van der Waals surface area contributed by atoms with E-state index < -0.39 is 0 Å². The van der Waals surface area contributed by atoms with E-state index in [1.807, 2.05) is 91.0 Å². The number of nitrogens with one attached hydrogen (secondary N) is 1. The van der Waals surface area contributed by atoms with E-state index >= 15 is 0 Å². The highest BCUT2D eigenvalue weighted by Crippen LogP contribution is 2.17. The first-order valence-electron chi connectivity index (χ1n) is 12.4. The largest absolute Gasteiger partial charge is 0.359 e. The molecule has 4 rings (SSSR count). The lowest BCUT2D eigenvalue weighted by Gasteiger charge is -1.93. The van der Waals surface area contributed by atoms with E-state index in [-0.39, 0.29) is 11.7 Å². The lowest BCUT2D eigenvalue weighted by atomic mass is 10.2. The monoisotopic (exact) mass is 511 g/mol. The highest BCUT2D eigenvalue weighted by atomic mass is 16.1. The Morgan fingerprint density at radius 2 is 0.763 bits per heavy atom. The van der Waals surface area contributed by atoms with E-state index in [1.165, 1.54) is 37.5 Å². The molecular formula is C33H41N3O2. The zero-order valence-electron chi connectivity index (χ0n) is 23.7. The summed E-state index contributed by atoms with van der Waals surface area (Å²) in [5, 5.41) is 10.7. The maximum absolute atomic E-state index is 9.70. The summed E-state index contributed by atoms with van der Waals surface area (Å²) >= 11 is 0. The number of azo groups is 1. The number of rotatable bonds is 2. The summed E-state index contributed by atoms with van der Waals surface area (Å²) in [5.74, 6) is 0.171. The van der Waals surface area contributed by atoms with Gasteiger partial charge < -0.3 is 10.1 Å². The van der Waals surface area contributed by atoms with Gasteiger partial charge in [-0.3, -0.25) is 4.79 Å². The predicted molar refractivity (Wildman–Crippen MR) is 160 cm³/mol. The maximum atomic E-state index is 9.70. The standard InChI is InChI=1S/C13H12N2.2C7H8.C3H7NO.C3H6O/c1-11-7-9-13(10-8-11)15-14-12-5-3-2-4-6-12;2*1-7-5-3-2-4-6-7;1-3(5)4-2;1-3(2)4/h2-10H,1H3;2*2-6H,1H3;1-2H3,(H,4,5);1-2H3. The third-order valence-electron chi connectivity index (χ3n) is 4.30. The van der Waals surface area contributed by atoms with Gasteiger partial charge in [-0.1, -0.05) is 108 Å². The lowest BCUT2D eigenvalue weighted by molar-refractivity contribution is -0.118. The van der Waals surface area contributed by atoms with Gasteiger partial charge in [0, 0.05) is 14.0 Å². The van der Waals surface area contributed by atoms with Crippen LogP contribution in [0, 0.1) is 20.8 Å². The van der Waals surface area contributed by atoms with Crippen LogP contribution in [-0.2, 0) is 9.59 Å². The molecule has 1 amide bonds. The molecule has 4 aromatic rings. The van der Waals surface area contributed by atoms with Crippen LogP contribution in [0.25, 0.3) is 0 Å². The summed E-state index contributed by atoms with van der Waals surface area (Å²) in [7, 11) is 1.60. The van der Waals surface area contributed by atoms with Crippen LogP contribution in [0.15, 0.2) is 125 Å². The molecule has 5 heteroatoms. The summed E-state index contributed by atoms with van der Waals surface area (Å²) in [6.07, 6.45) is 0. The Hall–Kier alpha value is -4.38. The number of carbonyl (C=O) groups is 2. The van der Waals surface area contributed by atoms with Crippen LogP contribution in [0.5, 0.6) is 0 Å². The number of benzene rings is 4. The zero-order chi connectivity index (χ0) is 28.6. The van der Waals surface area contributed by atoms with E-state index in [9.17, 15) is 9.59 Å². The number of carbonyl (C=O) groups excluding carboxylic acids is 2. The maximum Gasteiger partial charge on any atom is 0.216 e. The highest BCUT2D eigenvalue weighted by molar-refractivity contribution is 5.72. The molecule has 0 bridgehead atoms. The molecule has 5 nitrogen and oxygen atoms in total. The van der Waals surface area contributed by atoms with Crippen LogP contribution in [0.2, 0.25) is 0 Å². The van der Waals surface area contributed by atoms with Crippen molar-refractivity contribution in [2.75, 3.05) is 7.05 Å². The van der Waals surface area contributed by atoms with Crippen LogP contribution in [0.3, 0.4) is 0 Å². The van der Waals surface area contributed by atoms with E-state index in [0.717, 1.165) is 11.4 Å². The van der Waals surface area contributed by atoms with Crippen LogP contribution < -0.4 is 5.32 Å². The normalized spacial score (nSPS) is 9.03. The second kappa shape index (κ2) is 21.9. The van der Waals surface area contributed by atoms with Gasteiger partial charge in [0.15, 0.2) is 0 Å². The number of aryl methyl sites for hydroxylation is 3. The molecule has 1 N–H and O–H groups in total. The Balaban J connectivity index is 0.000000502. The van der Waals surface area contributed by atoms with Crippen molar-refractivity contribution in [1.82, 2.24) is 5.32 Å². The third-order valence-corrected chi connectivity index (χ3v) is 4.30. The zero-order valence-corrected chi connectivity index (χ0v) is 23.7. The smallest absolute Gasteiger partial charge is 0.216 e. The van der Waals surface area contributed by atoms with Gasteiger partial charge >= 0.3 is 0 Å². The van der Waals surface area contributed by atoms with Crippen molar-refractivity contribution in [2.24, 2.45) is 10.2 Å². The van der Waals surface area contributed by atoms with Crippen molar-refractivity contribution in [3.05, 3.63) is 132 Å². The molecule has 200 valence electrons. The third kappa shape index (κ3) is 22.1. The molecule has 0 unspecified atom stereocenters. The van der Waals surface area contributed by atoms with Crippen molar-refractivity contribution < 1.29 is 9.59 Å². The van der Waals surface area contributed by atoms with Crippen LogP contribution >= 0.6 is 0 Å². The van der Waals surface area contributed by atoms with Gasteiger partial charge in [-0.25, -0.2) is 0 Å². The molecular weight excluding hydrogens is 470 g/mol. The molecule has 0 aliphatic heterocycles. The van der Waals surface area contributed by atoms with Gasteiger partial charge in [-0.2, -0.15) is 10.2 Å². The fraction of sp³-hybridized carbons (Fsp3) is 0.212. The van der Waals surface area contributed by atoms with Crippen LogP contribution in [0.1, 0.15) is 37.5 Å². The molecule has 0 heterocycles. The van der Waals surface area contributed by atoms with Crippen molar-refractivity contribution in [3.8, 4) is 0 Å².